The lowest BCUT2D eigenvalue weighted by atomic mass is 10.1. The number of thioether (sulfide) groups is 1. The SMILES string of the molecule is CCSc1cc(-c2ccccn2)cnc1C(C)=O. The van der Waals surface area contributed by atoms with Crippen LogP contribution in [-0.2, 0) is 0 Å². The van der Waals surface area contributed by atoms with Crippen LogP contribution < -0.4 is 0 Å². The first kappa shape index (κ1) is 12.8. The normalized spacial score (nSPS) is 10.3. The summed E-state index contributed by atoms with van der Waals surface area (Å²) in [5.74, 6) is 0.909. The van der Waals surface area contributed by atoms with Crippen LogP contribution in [0.1, 0.15) is 24.3 Å². The molecule has 0 fully saturated rings. The Morgan fingerprint density at radius 1 is 1.33 bits per heavy atom. The van der Waals surface area contributed by atoms with E-state index >= 15 is 0 Å². The first-order valence-corrected chi connectivity index (χ1v) is 6.76. The quantitative estimate of drug-likeness (QED) is 0.622. The molecule has 0 spiro atoms. The predicted molar refractivity (Wildman–Crippen MR) is 73.9 cm³/mol. The average molecular weight is 258 g/mol. The molecule has 0 N–H and O–H groups in total. The van der Waals surface area contributed by atoms with Crippen molar-refractivity contribution in [3.63, 3.8) is 0 Å². The van der Waals surface area contributed by atoms with Gasteiger partial charge in [0, 0.05) is 29.8 Å². The molecule has 0 saturated heterocycles. The van der Waals surface area contributed by atoms with Crippen molar-refractivity contribution in [1.29, 1.82) is 0 Å². The molecule has 0 atom stereocenters. The van der Waals surface area contributed by atoms with Crippen LogP contribution >= 0.6 is 11.8 Å². The van der Waals surface area contributed by atoms with Crippen molar-refractivity contribution >= 4 is 17.5 Å². The van der Waals surface area contributed by atoms with Gasteiger partial charge in [0.2, 0.25) is 0 Å². The molecule has 4 heteroatoms. The number of carbonyl (C=O) groups excluding carboxylic acids is 1. The smallest absolute Gasteiger partial charge is 0.179 e. The molecule has 3 nitrogen and oxygen atoms in total. The van der Waals surface area contributed by atoms with Crippen molar-refractivity contribution in [3.8, 4) is 11.3 Å². The Morgan fingerprint density at radius 2 is 2.17 bits per heavy atom. The highest BCUT2D eigenvalue weighted by atomic mass is 32.2. The minimum Gasteiger partial charge on any atom is -0.293 e. The van der Waals surface area contributed by atoms with E-state index in [9.17, 15) is 4.79 Å². The molecule has 2 heterocycles. The Morgan fingerprint density at radius 3 is 2.78 bits per heavy atom. The van der Waals surface area contributed by atoms with E-state index in [1.165, 1.54) is 0 Å². The van der Waals surface area contributed by atoms with E-state index in [0.717, 1.165) is 21.9 Å². The molecule has 0 aliphatic heterocycles. The first-order valence-electron chi connectivity index (χ1n) is 5.77. The molecule has 0 saturated carbocycles. The van der Waals surface area contributed by atoms with E-state index in [1.807, 2.05) is 24.3 Å². The van der Waals surface area contributed by atoms with Crippen molar-refractivity contribution < 1.29 is 4.79 Å². The van der Waals surface area contributed by atoms with Crippen molar-refractivity contribution in [2.75, 3.05) is 5.75 Å². The number of carbonyl (C=O) groups is 1. The van der Waals surface area contributed by atoms with Gasteiger partial charge in [-0.05, 0) is 24.0 Å². The second kappa shape index (κ2) is 5.78. The third kappa shape index (κ3) is 2.76. The summed E-state index contributed by atoms with van der Waals surface area (Å²) < 4.78 is 0. The van der Waals surface area contributed by atoms with Crippen LogP contribution in [0.15, 0.2) is 41.6 Å². The van der Waals surface area contributed by atoms with Gasteiger partial charge in [-0.3, -0.25) is 14.8 Å². The predicted octanol–water partition coefficient (Wildman–Crippen LogP) is 3.46. The highest BCUT2D eigenvalue weighted by Gasteiger charge is 2.11. The van der Waals surface area contributed by atoms with Crippen LogP contribution in [0.5, 0.6) is 0 Å². The summed E-state index contributed by atoms with van der Waals surface area (Å²) >= 11 is 1.63. The van der Waals surface area contributed by atoms with Gasteiger partial charge >= 0.3 is 0 Å². The van der Waals surface area contributed by atoms with Crippen LogP contribution in [0.4, 0.5) is 0 Å². The van der Waals surface area contributed by atoms with Crippen LogP contribution in [0.3, 0.4) is 0 Å². The van der Waals surface area contributed by atoms with E-state index in [-0.39, 0.29) is 5.78 Å². The van der Waals surface area contributed by atoms with Crippen molar-refractivity contribution in [2.24, 2.45) is 0 Å². The Bertz CT molecular complexity index is 555. The molecule has 0 aliphatic carbocycles. The van der Waals surface area contributed by atoms with Crippen LogP contribution in [-0.4, -0.2) is 21.5 Å². The van der Waals surface area contributed by atoms with Crippen molar-refractivity contribution in [1.82, 2.24) is 9.97 Å². The second-order valence-electron chi connectivity index (χ2n) is 3.77. The third-order valence-corrected chi connectivity index (χ3v) is 3.36. The molecule has 92 valence electrons. The molecular formula is C14H14N2OS. The van der Waals surface area contributed by atoms with Gasteiger partial charge in [0.15, 0.2) is 5.78 Å². The molecular weight excluding hydrogens is 244 g/mol. The summed E-state index contributed by atoms with van der Waals surface area (Å²) in [5.41, 5.74) is 2.36. The highest BCUT2D eigenvalue weighted by molar-refractivity contribution is 7.99. The molecule has 0 bridgehead atoms. The lowest BCUT2D eigenvalue weighted by Crippen LogP contribution is -2.00. The van der Waals surface area contributed by atoms with Crippen LogP contribution in [0.25, 0.3) is 11.3 Å². The largest absolute Gasteiger partial charge is 0.293 e. The molecule has 2 aromatic rings. The minimum absolute atomic E-state index is 0.00137. The van der Waals surface area contributed by atoms with Gasteiger partial charge in [0.1, 0.15) is 5.69 Å². The van der Waals surface area contributed by atoms with Gasteiger partial charge in [-0.25, -0.2) is 0 Å². The summed E-state index contributed by atoms with van der Waals surface area (Å²) in [6.07, 6.45) is 3.46. The Balaban J connectivity index is 2.46. The summed E-state index contributed by atoms with van der Waals surface area (Å²) in [5, 5.41) is 0. The maximum absolute atomic E-state index is 11.5. The van der Waals surface area contributed by atoms with Gasteiger partial charge in [0.25, 0.3) is 0 Å². The first-order chi connectivity index (χ1) is 8.72. The van der Waals surface area contributed by atoms with E-state index in [1.54, 1.807) is 31.1 Å². The average Bonchev–Trinajstić information content (AvgIpc) is 2.40. The number of nitrogens with zero attached hydrogens (tertiary/aromatic N) is 2. The van der Waals surface area contributed by atoms with Gasteiger partial charge in [-0.15, -0.1) is 11.8 Å². The van der Waals surface area contributed by atoms with E-state index in [2.05, 4.69) is 16.9 Å². The van der Waals surface area contributed by atoms with Crippen molar-refractivity contribution in [3.05, 3.63) is 42.4 Å². The summed E-state index contributed by atoms with van der Waals surface area (Å²) in [6, 6.07) is 7.74. The number of hydrogen-bond acceptors (Lipinski definition) is 4. The molecule has 0 unspecified atom stereocenters. The second-order valence-corrected chi connectivity index (χ2v) is 5.08. The molecule has 2 aromatic heterocycles. The van der Waals surface area contributed by atoms with Gasteiger partial charge < -0.3 is 0 Å². The summed E-state index contributed by atoms with van der Waals surface area (Å²) in [6.45, 7) is 3.60. The molecule has 0 aliphatic rings. The van der Waals surface area contributed by atoms with Crippen LogP contribution in [0, 0.1) is 0 Å². The molecule has 18 heavy (non-hydrogen) atoms. The zero-order valence-electron chi connectivity index (χ0n) is 10.4. The summed E-state index contributed by atoms with van der Waals surface area (Å²) in [4.78, 5) is 21.0. The number of hydrogen-bond donors (Lipinski definition) is 0. The lowest BCUT2D eigenvalue weighted by molar-refractivity contribution is 0.101. The van der Waals surface area contributed by atoms with Crippen LogP contribution in [0.2, 0.25) is 0 Å². The molecule has 2 rings (SSSR count). The number of rotatable bonds is 4. The maximum atomic E-state index is 11.5. The number of aromatic nitrogens is 2. The molecule has 0 amide bonds. The molecule has 0 radical (unpaired) electrons. The monoisotopic (exact) mass is 258 g/mol. The summed E-state index contributed by atoms with van der Waals surface area (Å²) in [7, 11) is 0. The maximum Gasteiger partial charge on any atom is 0.179 e. The topological polar surface area (TPSA) is 42.9 Å². The van der Waals surface area contributed by atoms with E-state index < -0.39 is 0 Å². The number of Topliss-reactive ketones (excluding diaryl/α,β-unsaturated/α-hetero) is 1. The third-order valence-electron chi connectivity index (χ3n) is 2.45. The number of ketones is 1. The fourth-order valence-electron chi connectivity index (χ4n) is 1.65. The Labute approximate surface area is 111 Å². The van der Waals surface area contributed by atoms with Gasteiger partial charge in [-0.1, -0.05) is 13.0 Å². The van der Waals surface area contributed by atoms with E-state index in [4.69, 9.17) is 0 Å². The lowest BCUT2D eigenvalue weighted by Gasteiger charge is -2.07. The van der Waals surface area contributed by atoms with Gasteiger partial charge in [-0.2, -0.15) is 0 Å². The van der Waals surface area contributed by atoms with Gasteiger partial charge in [0.05, 0.1) is 5.69 Å². The standard InChI is InChI=1S/C14H14N2OS/c1-3-18-13-8-11(9-16-14(13)10(2)17)12-6-4-5-7-15-12/h4-9H,3H2,1-2H3. The Hall–Kier alpha value is -1.68. The highest BCUT2D eigenvalue weighted by Crippen LogP contribution is 2.26. The molecule has 0 aromatic carbocycles. The zero-order chi connectivity index (χ0) is 13.0. The van der Waals surface area contributed by atoms with Crippen molar-refractivity contribution in [2.45, 2.75) is 18.7 Å². The minimum atomic E-state index is -0.00137. The van der Waals surface area contributed by atoms with E-state index in [0.29, 0.717) is 5.69 Å². The zero-order valence-corrected chi connectivity index (χ0v) is 11.2. The number of pyridine rings is 2. The Kier molecular flexibility index (Phi) is 4.10. The fourth-order valence-corrected chi connectivity index (χ4v) is 2.50. The fraction of sp³-hybridized carbons (Fsp3) is 0.214.